The highest BCUT2D eigenvalue weighted by molar-refractivity contribution is 5.85. The lowest BCUT2D eigenvalue weighted by atomic mass is 9.59. The van der Waals surface area contributed by atoms with Gasteiger partial charge in [-0.2, -0.15) is 13.2 Å². The van der Waals surface area contributed by atoms with E-state index in [1.54, 1.807) is 6.07 Å². The minimum Gasteiger partial charge on any atom is -0.327 e. The van der Waals surface area contributed by atoms with Crippen LogP contribution in [0.25, 0.3) is 0 Å². The van der Waals surface area contributed by atoms with Gasteiger partial charge >= 0.3 is 6.18 Å². The zero-order chi connectivity index (χ0) is 14.1. The van der Waals surface area contributed by atoms with Gasteiger partial charge in [0.1, 0.15) is 0 Å². The summed E-state index contributed by atoms with van der Waals surface area (Å²) in [6.07, 6.45) is 0.381. The highest BCUT2D eigenvalue weighted by Gasteiger charge is 2.44. The van der Waals surface area contributed by atoms with Crippen LogP contribution in [0.1, 0.15) is 50.2 Å². The van der Waals surface area contributed by atoms with E-state index in [9.17, 15) is 13.2 Å². The van der Waals surface area contributed by atoms with Crippen LogP contribution in [0, 0.1) is 0 Å². The van der Waals surface area contributed by atoms with Crippen molar-refractivity contribution in [3.63, 3.8) is 0 Å². The molecule has 0 aromatic heterocycles. The van der Waals surface area contributed by atoms with Gasteiger partial charge in [0.2, 0.25) is 0 Å². The van der Waals surface area contributed by atoms with Crippen molar-refractivity contribution < 1.29 is 13.2 Å². The normalized spacial score (nSPS) is 18.9. The smallest absolute Gasteiger partial charge is 0.327 e. The molecule has 2 rings (SSSR count). The first kappa shape index (κ1) is 17.3. The number of rotatable bonds is 4. The number of nitrogens with two attached hydrogens (primary N) is 1. The number of halogens is 4. The first-order valence-corrected chi connectivity index (χ1v) is 6.83. The molecule has 1 aromatic carbocycles. The van der Waals surface area contributed by atoms with Crippen molar-refractivity contribution in [2.24, 2.45) is 5.73 Å². The lowest BCUT2D eigenvalue weighted by molar-refractivity contribution is -0.137. The van der Waals surface area contributed by atoms with Gasteiger partial charge in [-0.1, -0.05) is 38.0 Å². The fourth-order valence-electron chi connectivity index (χ4n) is 3.02. The van der Waals surface area contributed by atoms with Crippen LogP contribution in [-0.4, -0.2) is 6.04 Å². The van der Waals surface area contributed by atoms with Gasteiger partial charge < -0.3 is 5.73 Å². The standard InChI is InChI=1S/C15H20F3N.ClH/c1-2-5-13(19)14(8-4-9-14)11-6-3-7-12(10-11)15(16,17)18;/h3,6-7,10,13H,2,4-5,8-9,19H2,1H3;1H. The Morgan fingerprint density at radius 1 is 1.30 bits per heavy atom. The van der Waals surface area contributed by atoms with Gasteiger partial charge in [0.25, 0.3) is 0 Å². The molecule has 0 amide bonds. The second-order valence-electron chi connectivity index (χ2n) is 5.48. The molecule has 0 radical (unpaired) electrons. The Bertz CT molecular complexity index is 441. The lowest BCUT2D eigenvalue weighted by Crippen LogP contribution is -2.50. The summed E-state index contributed by atoms with van der Waals surface area (Å²) in [6, 6.07) is 5.66. The molecule has 114 valence electrons. The van der Waals surface area contributed by atoms with Crippen molar-refractivity contribution in [1.82, 2.24) is 0 Å². The molecule has 1 saturated carbocycles. The molecule has 1 aromatic rings. The van der Waals surface area contributed by atoms with E-state index in [2.05, 4.69) is 6.92 Å². The zero-order valence-corrected chi connectivity index (χ0v) is 12.4. The van der Waals surface area contributed by atoms with Crippen molar-refractivity contribution >= 4 is 12.4 Å². The van der Waals surface area contributed by atoms with Gasteiger partial charge in [-0.05, 0) is 30.9 Å². The Labute approximate surface area is 124 Å². The number of alkyl halides is 3. The molecule has 5 heteroatoms. The average molecular weight is 308 g/mol. The second-order valence-corrected chi connectivity index (χ2v) is 5.48. The van der Waals surface area contributed by atoms with Crippen LogP contribution in [0.15, 0.2) is 24.3 Å². The Morgan fingerprint density at radius 3 is 2.40 bits per heavy atom. The van der Waals surface area contributed by atoms with Crippen molar-refractivity contribution in [2.45, 2.75) is 56.7 Å². The maximum atomic E-state index is 12.8. The van der Waals surface area contributed by atoms with Gasteiger partial charge in [-0.3, -0.25) is 0 Å². The quantitative estimate of drug-likeness (QED) is 0.859. The van der Waals surface area contributed by atoms with Crippen LogP contribution < -0.4 is 5.73 Å². The molecule has 0 saturated heterocycles. The minimum absolute atomic E-state index is 0. The molecular weight excluding hydrogens is 287 g/mol. The van der Waals surface area contributed by atoms with E-state index in [0.717, 1.165) is 43.7 Å². The van der Waals surface area contributed by atoms with Gasteiger partial charge in [-0.25, -0.2) is 0 Å². The molecule has 1 atom stereocenters. The summed E-state index contributed by atoms with van der Waals surface area (Å²) < 4.78 is 38.4. The molecule has 0 heterocycles. The first-order chi connectivity index (χ1) is 8.90. The zero-order valence-electron chi connectivity index (χ0n) is 11.5. The van der Waals surface area contributed by atoms with Gasteiger partial charge in [0.15, 0.2) is 0 Å². The second kappa shape index (κ2) is 6.35. The maximum absolute atomic E-state index is 12.8. The van der Waals surface area contributed by atoms with Crippen LogP contribution in [0.3, 0.4) is 0 Å². The summed E-state index contributed by atoms with van der Waals surface area (Å²) in [7, 11) is 0. The van der Waals surface area contributed by atoms with E-state index in [-0.39, 0.29) is 23.9 Å². The highest BCUT2D eigenvalue weighted by atomic mass is 35.5. The van der Waals surface area contributed by atoms with Crippen LogP contribution >= 0.6 is 12.4 Å². The maximum Gasteiger partial charge on any atom is 0.416 e. The fourth-order valence-corrected chi connectivity index (χ4v) is 3.02. The third kappa shape index (κ3) is 3.12. The van der Waals surface area contributed by atoms with Crippen LogP contribution in [0.4, 0.5) is 13.2 Å². The van der Waals surface area contributed by atoms with E-state index in [1.165, 1.54) is 12.1 Å². The predicted molar refractivity (Wildman–Crippen MR) is 77.1 cm³/mol. The van der Waals surface area contributed by atoms with Crippen LogP contribution in [-0.2, 0) is 11.6 Å². The molecule has 1 fully saturated rings. The lowest BCUT2D eigenvalue weighted by Gasteiger charge is -2.47. The van der Waals surface area contributed by atoms with E-state index in [4.69, 9.17) is 5.73 Å². The molecule has 2 N–H and O–H groups in total. The number of hydrogen-bond acceptors (Lipinski definition) is 1. The Morgan fingerprint density at radius 2 is 1.95 bits per heavy atom. The molecule has 0 aliphatic heterocycles. The SMILES string of the molecule is CCCC(N)C1(c2cccc(C(F)(F)F)c2)CCC1.Cl. The van der Waals surface area contributed by atoms with Crippen molar-refractivity contribution in [1.29, 1.82) is 0 Å². The van der Waals surface area contributed by atoms with Crippen molar-refractivity contribution in [3.8, 4) is 0 Å². The monoisotopic (exact) mass is 307 g/mol. The van der Waals surface area contributed by atoms with E-state index >= 15 is 0 Å². The first-order valence-electron chi connectivity index (χ1n) is 6.83. The van der Waals surface area contributed by atoms with E-state index in [0.29, 0.717) is 0 Å². The largest absolute Gasteiger partial charge is 0.416 e. The molecule has 1 unspecified atom stereocenters. The molecule has 1 nitrogen and oxygen atoms in total. The summed E-state index contributed by atoms with van der Waals surface area (Å²) in [5.41, 5.74) is 6.18. The van der Waals surface area contributed by atoms with Gasteiger partial charge in [0.05, 0.1) is 5.56 Å². The molecule has 0 spiro atoms. The molecule has 0 bridgehead atoms. The summed E-state index contributed by atoms with van der Waals surface area (Å²) in [4.78, 5) is 0. The Hall–Kier alpha value is -0.740. The van der Waals surface area contributed by atoms with E-state index < -0.39 is 11.7 Å². The van der Waals surface area contributed by atoms with Crippen LogP contribution in [0.2, 0.25) is 0 Å². The topological polar surface area (TPSA) is 26.0 Å². The van der Waals surface area contributed by atoms with Crippen molar-refractivity contribution in [3.05, 3.63) is 35.4 Å². The number of hydrogen-bond donors (Lipinski definition) is 1. The third-order valence-corrected chi connectivity index (χ3v) is 4.32. The Balaban J connectivity index is 0.00000200. The number of benzene rings is 1. The molecule has 1 aliphatic rings. The fraction of sp³-hybridized carbons (Fsp3) is 0.600. The van der Waals surface area contributed by atoms with E-state index in [1.807, 2.05) is 0 Å². The van der Waals surface area contributed by atoms with Gasteiger partial charge in [-0.15, -0.1) is 12.4 Å². The predicted octanol–water partition coefficient (Wildman–Crippen LogP) is 4.68. The van der Waals surface area contributed by atoms with Gasteiger partial charge in [0, 0.05) is 11.5 Å². The highest BCUT2D eigenvalue weighted by Crippen LogP contribution is 2.47. The van der Waals surface area contributed by atoms with Crippen molar-refractivity contribution in [2.75, 3.05) is 0 Å². The van der Waals surface area contributed by atoms with Crippen LogP contribution in [0.5, 0.6) is 0 Å². The minimum atomic E-state index is -4.28. The summed E-state index contributed by atoms with van der Waals surface area (Å²) in [5.74, 6) is 0. The summed E-state index contributed by atoms with van der Waals surface area (Å²) >= 11 is 0. The molecule has 20 heavy (non-hydrogen) atoms. The summed E-state index contributed by atoms with van der Waals surface area (Å²) in [5, 5.41) is 0. The Kier molecular flexibility index (Phi) is 5.50. The average Bonchev–Trinajstić information content (AvgIpc) is 2.27. The third-order valence-electron chi connectivity index (χ3n) is 4.32. The molecular formula is C15H21ClF3N. The molecule has 1 aliphatic carbocycles. The summed E-state index contributed by atoms with van der Waals surface area (Å²) in [6.45, 7) is 2.05.